The minimum absolute atomic E-state index is 0.165. The maximum absolute atomic E-state index is 13.8. The summed E-state index contributed by atoms with van der Waals surface area (Å²) < 4.78 is 18.8. The normalized spacial score (nSPS) is 15.6. The zero-order chi connectivity index (χ0) is 27.9. The van der Waals surface area contributed by atoms with Gasteiger partial charge in [0, 0.05) is 24.1 Å². The highest BCUT2D eigenvalue weighted by molar-refractivity contribution is 5.95. The molecule has 40 heavy (non-hydrogen) atoms. The van der Waals surface area contributed by atoms with Crippen molar-refractivity contribution in [2.75, 3.05) is 18.5 Å². The Morgan fingerprint density at radius 3 is 2.67 bits per heavy atom. The molecule has 1 saturated heterocycles. The lowest BCUT2D eigenvalue weighted by molar-refractivity contribution is -0.133. The summed E-state index contributed by atoms with van der Waals surface area (Å²) in [5.41, 5.74) is 4.59. The number of hydrogen-bond donors (Lipinski definition) is 2. The average Bonchev–Trinajstić information content (AvgIpc) is 3.58. The summed E-state index contributed by atoms with van der Waals surface area (Å²) in [6, 6.07) is 17.4. The highest BCUT2D eigenvalue weighted by Crippen LogP contribution is 2.25. The number of amides is 2. The van der Waals surface area contributed by atoms with E-state index in [1.807, 2.05) is 43.3 Å². The molecular weight excluding hydrogens is 511 g/mol. The van der Waals surface area contributed by atoms with E-state index in [1.54, 1.807) is 24.5 Å². The summed E-state index contributed by atoms with van der Waals surface area (Å²) in [7, 11) is 0. The number of aryl methyl sites for hydroxylation is 1. The van der Waals surface area contributed by atoms with Crippen molar-refractivity contribution in [3.8, 4) is 11.3 Å². The minimum atomic E-state index is -0.613. The van der Waals surface area contributed by atoms with Gasteiger partial charge in [0.05, 0.1) is 24.1 Å². The molecule has 4 aromatic rings. The molecule has 0 saturated carbocycles. The molecule has 0 unspecified atom stereocenters. The summed E-state index contributed by atoms with van der Waals surface area (Å²) in [6.45, 7) is 2.69. The van der Waals surface area contributed by atoms with E-state index in [0.29, 0.717) is 38.0 Å². The molecule has 3 heterocycles. The Bertz CT molecular complexity index is 1440. The lowest BCUT2D eigenvalue weighted by Gasteiger charge is -2.25. The number of carbonyl (C=O) groups is 2. The first-order valence-electron chi connectivity index (χ1n) is 13.3. The number of aromatic amines is 1. The van der Waals surface area contributed by atoms with Gasteiger partial charge in [0.15, 0.2) is 0 Å². The second kappa shape index (κ2) is 12.5. The molecule has 2 aromatic carbocycles. The molecule has 206 valence electrons. The van der Waals surface area contributed by atoms with Crippen molar-refractivity contribution in [1.29, 1.82) is 0 Å². The molecular formula is C30H31FN6O3. The maximum atomic E-state index is 13.8. The van der Waals surface area contributed by atoms with Crippen LogP contribution in [0.2, 0.25) is 0 Å². The van der Waals surface area contributed by atoms with Crippen LogP contribution in [0, 0.1) is 18.7 Å². The fourth-order valence-electron chi connectivity index (χ4n) is 4.96. The van der Waals surface area contributed by atoms with Gasteiger partial charge in [-0.2, -0.15) is 15.3 Å². The number of ether oxygens (including phenoxy) is 1. The van der Waals surface area contributed by atoms with Crippen LogP contribution in [0.3, 0.4) is 0 Å². The molecule has 2 N–H and O–H groups in total. The van der Waals surface area contributed by atoms with Gasteiger partial charge in [-0.15, -0.1) is 0 Å². The molecule has 0 aliphatic carbocycles. The third kappa shape index (κ3) is 6.51. The molecule has 0 radical (unpaired) electrons. The first-order valence-corrected chi connectivity index (χ1v) is 13.3. The predicted molar refractivity (Wildman–Crippen MR) is 148 cm³/mol. The van der Waals surface area contributed by atoms with Crippen LogP contribution < -0.4 is 5.32 Å². The van der Waals surface area contributed by atoms with Gasteiger partial charge >= 0.3 is 6.09 Å². The quantitative estimate of drug-likeness (QED) is 0.258. The lowest BCUT2D eigenvalue weighted by Crippen LogP contribution is -2.44. The Morgan fingerprint density at radius 1 is 1.12 bits per heavy atom. The second-order valence-electron chi connectivity index (χ2n) is 9.98. The van der Waals surface area contributed by atoms with Crippen LogP contribution in [0.1, 0.15) is 29.5 Å². The van der Waals surface area contributed by atoms with Crippen molar-refractivity contribution < 1.29 is 18.7 Å². The highest BCUT2D eigenvalue weighted by atomic mass is 19.1. The molecule has 0 spiro atoms. The van der Waals surface area contributed by atoms with Crippen LogP contribution in [0.4, 0.5) is 15.0 Å². The summed E-state index contributed by atoms with van der Waals surface area (Å²) >= 11 is 0. The summed E-state index contributed by atoms with van der Waals surface area (Å²) in [6.07, 6.45) is 4.86. The van der Waals surface area contributed by atoms with Crippen molar-refractivity contribution in [3.05, 3.63) is 95.6 Å². The third-order valence-corrected chi connectivity index (χ3v) is 7.09. The van der Waals surface area contributed by atoms with Crippen LogP contribution in [0.15, 0.2) is 73.1 Å². The first kappa shape index (κ1) is 27.0. The highest BCUT2D eigenvalue weighted by Gasteiger charge is 2.40. The van der Waals surface area contributed by atoms with Crippen LogP contribution in [0.5, 0.6) is 0 Å². The number of rotatable bonds is 11. The molecule has 1 fully saturated rings. The summed E-state index contributed by atoms with van der Waals surface area (Å²) in [5, 5.41) is 18.5. The zero-order valence-corrected chi connectivity index (χ0v) is 22.2. The van der Waals surface area contributed by atoms with E-state index in [2.05, 4.69) is 25.7 Å². The van der Waals surface area contributed by atoms with Crippen LogP contribution in [-0.4, -0.2) is 56.5 Å². The third-order valence-electron chi connectivity index (χ3n) is 7.09. The summed E-state index contributed by atoms with van der Waals surface area (Å²) in [5.74, 6) is -0.399. The van der Waals surface area contributed by atoms with Gasteiger partial charge in [-0.05, 0) is 61.4 Å². The number of nitrogens with one attached hydrogen (secondary N) is 2. The molecule has 1 aliphatic heterocycles. The van der Waals surface area contributed by atoms with Crippen molar-refractivity contribution >= 4 is 17.8 Å². The molecule has 9 nitrogen and oxygen atoms in total. The van der Waals surface area contributed by atoms with E-state index in [4.69, 9.17) is 4.74 Å². The van der Waals surface area contributed by atoms with Gasteiger partial charge < -0.3 is 10.1 Å². The largest absolute Gasteiger partial charge is 0.447 e. The number of anilines is 1. The molecule has 0 bridgehead atoms. The van der Waals surface area contributed by atoms with E-state index < -0.39 is 12.0 Å². The molecule has 2 aromatic heterocycles. The number of hydrogen-bond acceptors (Lipinski definition) is 7. The number of H-pyrrole nitrogens is 1. The number of cyclic esters (lactones) is 1. The molecule has 5 rings (SSSR count). The number of nitrogens with zero attached hydrogens (tertiary/aromatic N) is 4. The maximum Gasteiger partial charge on any atom is 0.416 e. The number of halogens is 1. The fraction of sp³-hybridized carbons (Fsp3) is 0.300. The van der Waals surface area contributed by atoms with Gasteiger partial charge in [0.25, 0.3) is 0 Å². The van der Waals surface area contributed by atoms with E-state index >= 15 is 0 Å². The van der Waals surface area contributed by atoms with Crippen LogP contribution in [-0.2, 0) is 22.4 Å². The lowest BCUT2D eigenvalue weighted by atomic mass is 9.92. The van der Waals surface area contributed by atoms with Gasteiger partial charge in [-0.1, -0.05) is 42.5 Å². The molecule has 2 amide bonds. The molecule has 2 atom stereocenters. The molecule has 1 aliphatic rings. The minimum Gasteiger partial charge on any atom is -0.447 e. The van der Waals surface area contributed by atoms with Crippen molar-refractivity contribution in [2.45, 2.75) is 38.6 Å². The van der Waals surface area contributed by atoms with Crippen LogP contribution >= 0.6 is 0 Å². The Hall–Kier alpha value is -4.60. The van der Waals surface area contributed by atoms with E-state index in [-0.39, 0.29) is 24.4 Å². The summed E-state index contributed by atoms with van der Waals surface area (Å²) in [4.78, 5) is 27.7. The van der Waals surface area contributed by atoms with Gasteiger partial charge in [0.2, 0.25) is 5.91 Å². The van der Waals surface area contributed by atoms with Gasteiger partial charge in [0.1, 0.15) is 18.2 Å². The number of carbonyl (C=O) groups excluding carboxylic acids is 2. The van der Waals surface area contributed by atoms with E-state index in [9.17, 15) is 14.0 Å². The predicted octanol–water partition coefficient (Wildman–Crippen LogP) is 4.96. The van der Waals surface area contributed by atoms with Gasteiger partial charge in [-0.25, -0.2) is 14.1 Å². The topological polar surface area (TPSA) is 113 Å². The number of benzene rings is 2. The first-order chi connectivity index (χ1) is 19.5. The Labute approximate surface area is 231 Å². The van der Waals surface area contributed by atoms with Gasteiger partial charge in [-0.3, -0.25) is 9.89 Å². The Balaban J connectivity index is 1.25. The van der Waals surface area contributed by atoms with Crippen LogP contribution in [0.25, 0.3) is 11.3 Å². The van der Waals surface area contributed by atoms with Crippen molar-refractivity contribution in [3.63, 3.8) is 0 Å². The average molecular weight is 543 g/mol. The smallest absolute Gasteiger partial charge is 0.416 e. The monoisotopic (exact) mass is 542 g/mol. The fourth-order valence-corrected chi connectivity index (χ4v) is 4.96. The van der Waals surface area contributed by atoms with E-state index in [1.165, 1.54) is 17.0 Å². The molecule has 10 heteroatoms. The van der Waals surface area contributed by atoms with E-state index in [0.717, 1.165) is 27.9 Å². The van der Waals surface area contributed by atoms with Crippen molar-refractivity contribution in [2.24, 2.45) is 5.92 Å². The zero-order valence-electron chi connectivity index (χ0n) is 22.2. The van der Waals surface area contributed by atoms with Crippen molar-refractivity contribution in [1.82, 2.24) is 25.3 Å². The standard InChI is InChI=1S/C30H31FN6O3/c1-20-17-33-34-18-26(20)27-16-28(36-35-27)32-13-5-8-23(14-22-9-11-24(31)12-10-22)29(38)37-25(19-40-30(37)39)15-21-6-3-2-4-7-21/h2-4,6-7,9-12,16-18,23,25H,5,8,13-15,19H2,1H3,(H2,32,35,36)/t23-,25+/m0/s1. The SMILES string of the molecule is Cc1cnncc1-c1cc(NCCC[C@@H](Cc2ccc(F)cc2)C(=O)N2C(=O)OC[C@H]2Cc2ccccc2)n[nH]1. The Kier molecular flexibility index (Phi) is 8.44. The Morgan fingerprint density at radius 2 is 1.90 bits per heavy atom. The number of aromatic nitrogens is 4. The number of imide groups is 1. The second-order valence-corrected chi connectivity index (χ2v) is 9.98.